The molecule has 1 aliphatic carbocycles. The SMILES string of the molecule is CC1=CC(C)c2c1cccc2-c1ccccn1. The number of pyridine rings is 1. The van der Waals surface area contributed by atoms with Gasteiger partial charge in [0.05, 0.1) is 5.69 Å². The molecule has 0 saturated heterocycles. The van der Waals surface area contributed by atoms with Crippen LogP contribution in [0.25, 0.3) is 16.8 Å². The van der Waals surface area contributed by atoms with Crippen molar-refractivity contribution in [3.8, 4) is 11.3 Å². The highest BCUT2D eigenvalue weighted by Crippen LogP contribution is 2.40. The number of aromatic nitrogens is 1. The van der Waals surface area contributed by atoms with Gasteiger partial charge in [-0.05, 0) is 35.8 Å². The minimum atomic E-state index is 0.489. The minimum absolute atomic E-state index is 0.489. The average Bonchev–Trinajstić information content (AvgIpc) is 2.66. The molecule has 0 fully saturated rings. The zero-order valence-corrected chi connectivity index (χ0v) is 10.1. The molecule has 84 valence electrons. The fourth-order valence-corrected chi connectivity index (χ4v) is 2.69. The second-order valence-electron chi connectivity index (χ2n) is 4.62. The van der Waals surface area contributed by atoms with E-state index in [0.717, 1.165) is 5.69 Å². The Balaban J connectivity index is 2.23. The van der Waals surface area contributed by atoms with Crippen molar-refractivity contribution in [3.05, 3.63) is 59.8 Å². The zero-order chi connectivity index (χ0) is 11.8. The third-order valence-electron chi connectivity index (χ3n) is 3.43. The highest BCUT2D eigenvalue weighted by Gasteiger charge is 2.21. The second-order valence-corrected chi connectivity index (χ2v) is 4.62. The summed E-state index contributed by atoms with van der Waals surface area (Å²) in [5, 5.41) is 0. The maximum absolute atomic E-state index is 4.46. The van der Waals surface area contributed by atoms with E-state index in [9.17, 15) is 0 Å². The normalized spacial score (nSPS) is 17.8. The van der Waals surface area contributed by atoms with E-state index in [1.54, 1.807) is 0 Å². The van der Waals surface area contributed by atoms with Gasteiger partial charge in [0.1, 0.15) is 0 Å². The van der Waals surface area contributed by atoms with Crippen molar-refractivity contribution in [2.24, 2.45) is 0 Å². The van der Waals surface area contributed by atoms with E-state index in [4.69, 9.17) is 0 Å². The molecule has 1 atom stereocenters. The molecule has 0 radical (unpaired) electrons. The standard InChI is InChI=1S/C16H15N/c1-11-10-12(2)16-13(11)6-5-7-14(16)15-8-3-4-9-17-15/h3-10,12H,1-2H3. The Morgan fingerprint density at radius 1 is 1.00 bits per heavy atom. The molecule has 2 aromatic rings. The smallest absolute Gasteiger partial charge is 0.0705 e. The lowest BCUT2D eigenvalue weighted by molar-refractivity contribution is 0.990. The quantitative estimate of drug-likeness (QED) is 0.700. The largest absolute Gasteiger partial charge is 0.256 e. The number of hydrogen-bond donors (Lipinski definition) is 0. The van der Waals surface area contributed by atoms with Gasteiger partial charge in [-0.15, -0.1) is 0 Å². The first-order valence-electron chi connectivity index (χ1n) is 6.00. The summed E-state index contributed by atoms with van der Waals surface area (Å²) in [7, 11) is 0. The molecule has 17 heavy (non-hydrogen) atoms. The van der Waals surface area contributed by atoms with Crippen LogP contribution in [0.15, 0.2) is 48.7 Å². The van der Waals surface area contributed by atoms with Crippen LogP contribution in [0.4, 0.5) is 0 Å². The van der Waals surface area contributed by atoms with Crippen molar-refractivity contribution in [1.82, 2.24) is 4.98 Å². The van der Waals surface area contributed by atoms with Crippen LogP contribution in [0.1, 0.15) is 30.9 Å². The number of allylic oxidation sites excluding steroid dienone is 2. The van der Waals surface area contributed by atoms with E-state index in [1.165, 1.54) is 22.3 Å². The predicted octanol–water partition coefficient (Wildman–Crippen LogP) is 4.27. The van der Waals surface area contributed by atoms with Gasteiger partial charge in [0, 0.05) is 17.7 Å². The van der Waals surface area contributed by atoms with Gasteiger partial charge in [-0.25, -0.2) is 0 Å². The molecule has 1 heterocycles. The van der Waals surface area contributed by atoms with Gasteiger partial charge >= 0.3 is 0 Å². The van der Waals surface area contributed by atoms with Crippen molar-refractivity contribution in [2.45, 2.75) is 19.8 Å². The molecule has 1 unspecified atom stereocenters. The Kier molecular flexibility index (Phi) is 2.32. The number of rotatable bonds is 1. The molecule has 1 heteroatoms. The third kappa shape index (κ3) is 1.59. The first-order valence-corrected chi connectivity index (χ1v) is 6.00. The number of benzene rings is 1. The van der Waals surface area contributed by atoms with E-state index in [-0.39, 0.29) is 0 Å². The third-order valence-corrected chi connectivity index (χ3v) is 3.43. The zero-order valence-electron chi connectivity index (χ0n) is 10.1. The summed E-state index contributed by atoms with van der Waals surface area (Å²) in [6.07, 6.45) is 4.19. The van der Waals surface area contributed by atoms with Gasteiger partial charge in [0.15, 0.2) is 0 Å². The van der Waals surface area contributed by atoms with Crippen LogP contribution in [0.2, 0.25) is 0 Å². The van der Waals surface area contributed by atoms with E-state index >= 15 is 0 Å². The van der Waals surface area contributed by atoms with Crippen LogP contribution < -0.4 is 0 Å². The van der Waals surface area contributed by atoms with Crippen molar-refractivity contribution in [2.75, 3.05) is 0 Å². The summed E-state index contributed by atoms with van der Waals surface area (Å²) < 4.78 is 0. The average molecular weight is 221 g/mol. The number of fused-ring (bicyclic) bond motifs is 1. The van der Waals surface area contributed by atoms with Crippen molar-refractivity contribution in [1.29, 1.82) is 0 Å². The van der Waals surface area contributed by atoms with Crippen molar-refractivity contribution in [3.63, 3.8) is 0 Å². The van der Waals surface area contributed by atoms with Crippen LogP contribution in [0.3, 0.4) is 0 Å². The lowest BCUT2D eigenvalue weighted by Crippen LogP contribution is -1.94. The van der Waals surface area contributed by atoms with Gasteiger partial charge < -0.3 is 0 Å². The molecule has 3 rings (SSSR count). The molecule has 0 saturated carbocycles. The fourth-order valence-electron chi connectivity index (χ4n) is 2.69. The molecule has 0 bridgehead atoms. The highest BCUT2D eigenvalue weighted by molar-refractivity contribution is 5.81. The molecule has 1 aromatic heterocycles. The maximum atomic E-state index is 4.46. The van der Waals surface area contributed by atoms with E-state index in [1.807, 2.05) is 18.3 Å². The van der Waals surface area contributed by atoms with Crippen molar-refractivity contribution >= 4 is 5.57 Å². The first-order chi connectivity index (χ1) is 8.27. The highest BCUT2D eigenvalue weighted by atomic mass is 14.7. The lowest BCUT2D eigenvalue weighted by Gasteiger charge is -2.12. The summed E-state index contributed by atoms with van der Waals surface area (Å²) in [5.74, 6) is 0.489. The molecule has 0 aliphatic heterocycles. The molecule has 1 aromatic carbocycles. The molecular weight excluding hydrogens is 206 g/mol. The van der Waals surface area contributed by atoms with Gasteiger partial charge in [-0.3, -0.25) is 4.98 Å². The van der Waals surface area contributed by atoms with Gasteiger partial charge in [-0.1, -0.05) is 37.3 Å². The van der Waals surface area contributed by atoms with E-state index in [2.05, 4.69) is 49.2 Å². The van der Waals surface area contributed by atoms with E-state index < -0.39 is 0 Å². The Bertz CT molecular complexity index is 582. The maximum Gasteiger partial charge on any atom is 0.0705 e. The molecule has 0 amide bonds. The van der Waals surface area contributed by atoms with Crippen LogP contribution in [0, 0.1) is 0 Å². The van der Waals surface area contributed by atoms with Crippen LogP contribution in [-0.4, -0.2) is 4.98 Å². The summed E-state index contributed by atoms with van der Waals surface area (Å²) in [6, 6.07) is 12.6. The summed E-state index contributed by atoms with van der Waals surface area (Å²) in [6.45, 7) is 4.44. The van der Waals surface area contributed by atoms with Crippen molar-refractivity contribution < 1.29 is 0 Å². The van der Waals surface area contributed by atoms with Gasteiger partial charge in [0.2, 0.25) is 0 Å². The Morgan fingerprint density at radius 2 is 1.82 bits per heavy atom. The molecule has 1 aliphatic rings. The summed E-state index contributed by atoms with van der Waals surface area (Å²) in [5.41, 5.74) is 6.51. The van der Waals surface area contributed by atoms with E-state index in [0.29, 0.717) is 5.92 Å². The summed E-state index contributed by atoms with van der Waals surface area (Å²) in [4.78, 5) is 4.46. The summed E-state index contributed by atoms with van der Waals surface area (Å²) >= 11 is 0. The Hall–Kier alpha value is -1.89. The van der Waals surface area contributed by atoms with Gasteiger partial charge in [0.25, 0.3) is 0 Å². The minimum Gasteiger partial charge on any atom is -0.256 e. The number of nitrogens with zero attached hydrogens (tertiary/aromatic N) is 1. The van der Waals surface area contributed by atoms with Crippen LogP contribution in [0.5, 0.6) is 0 Å². The Labute approximate surface area is 102 Å². The predicted molar refractivity (Wildman–Crippen MR) is 71.7 cm³/mol. The Morgan fingerprint density at radius 3 is 2.59 bits per heavy atom. The molecule has 1 nitrogen and oxygen atoms in total. The van der Waals surface area contributed by atoms with Crippen LogP contribution in [-0.2, 0) is 0 Å². The molecular formula is C16H15N. The first kappa shape index (κ1) is 10.3. The lowest BCUT2D eigenvalue weighted by atomic mass is 9.93. The van der Waals surface area contributed by atoms with Gasteiger partial charge in [-0.2, -0.15) is 0 Å². The fraction of sp³-hybridized carbons (Fsp3) is 0.188. The monoisotopic (exact) mass is 221 g/mol. The molecule has 0 spiro atoms. The van der Waals surface area contributed by atoms with Crippen LogP contribution >= 0.6 is 0 Å². The second kappa shape index (κ2) is 3.85. The number of hydrogen-bond acceptors (Lipinski definition) is 1. The topological polar surface area (TPSA) is 12.9 Å². The molecule has 0 N–H and O–H groups in total.